The second-order valence-corrected chi connectivity index (χ2v) is 18.6. The van der Waals surface area contributed by atoms with Crippen LogP contribution in [0.2, 0.25) is 0 Å². The first-order chi connectivity index (χ1) is 24.6. The topological polar surface area (TPSA) is 9.23 Å². The summed E-state index contributed by atoms with van der Waals surface area (Å²) in [6, 6.07) is 0. The molecule has 2 aliphatic carbocycles. The molecule has 2 aliphatic rings. The lowest BCUT2D eigenvalue weighted by Crippen LogP contribution is -2.43. The van der Waals surface area contributed by atoms with Gasteiger partial charge in [0.1, 0.15) is 0 Å². The molecule has 0 aromatic carbocycles. The maximum Gasteiger partial charge on any atom is 0.0515 e. The summed E-state index contributed by atoms with van der Waals surface area (Å²) < 4.78 is 4.75. The summed E-state index contributed by atoms with van der Waals surface area (Å²) in [5.74, 6) is 7.06. The molecular formula is C51H106O. The molecule has 2 fully saturated rings. The molecule has 0 bridgehead atoms. The van der Waals surface area contributed by atoms with Gasteiger partial charge in [-0.05, 0) is 117 Å². The number of hydrogen-bond donors (Lipinski definition) is 0. The van der Waals surface area contributed by atoms with E-state index in [1.165, 1.54) is 103 Å². The molecule has 1 heteroatoms. The highest BCUT2D eigenvalue weighted by molar-refractivity contribution is 4.95. The molecule has 0 aliphatic heterocycles. The SMILES string of the molecule is C=CC.CC.CCCC(CC)C1(C2CCCCC2)CCCCC1.CCCCCC(C)C(C)(C(C)C)C(CC(C)C)C(C)CC(C)CC.COC(C)C. The predicted molar refractivity (Wildman–Crippen MR) is 243 cm³/mol. The van der Waals surface area contributed by atoms with Crippen LogP contribution in [0, 0.1) is 58.2 Å². The van der Waals surface area contributed by atoms with Crippen LogP contribution in [-0.4, -0.2) is 13.2 Å². The van der Waals surface area contributed by atoms with Crippen LogP contribution in [0.4, 0.5) is 0 Å². The van der Waals surface area contributed by atoms with E-state index < -0.39 is 0 Å². The molecular weight excluding hydrogens is 629 g/mol. The van der Waals surface area contributed by atoms with Gasteiger partial charge in [0.15, 0.2) is 0 Å². The van der Waals surface area contributed by atoms with Crippen molar-refractivity contribution in [3.8, 4) is 0 Å². The summed E-state index contributed by atoms with van der Waals surface area (Å²) in [4.78, 5) is 0. The third-order valence-electron chi connectivity index (χ3n) is 13.8. The molecule has 0 spiro atoms. The Morgan fingerprint density at radius 2 is 1.23 bits per heavy atom. The van der Waals surface area contributed by atoms with Crippen LogP contribution in [0.25, 0.3) is 0 Å². The number of allylic oxidation sites excluding steroid dienone is 1. The Morgan fingerprint density at radius 3 is 1.62 bits per heavy atom. The van der Waals surface area contributed by atoms with E-state index in [1.807, 2.05) is 34.6 Å². The van der Waals surface area contributed by atoms with Gasteiger partial charge in [0.05, 0.1) is 6.10 Å². The third kappa shape index (κ3) is 21.7. The fraction of sp³-hybridized carbons (Fsp3) is 0.961. The van der Waals surface area contributed by atoms with E-state index in [0.29, 0.717) is 11.5 Å². The summed E-state index contributed by atoms with van der Waals surface area (Å²) in [6.07, 6.45) is 31.5. The first-order valence-electron chi connectivity index (χ1n) is 23.7. The van der Waals surface area contributed by atoms with Gasteiger partial charge in [-0.3, -0.25) is 0 Å². The Kier molecular flexibility index (Phi) is 36.6. The van der Waals surface area contributed by atoms with Crippen molar-refractivity contribution in [2.45, 2.75) is 252 Å². The quantitative estimate of drug-likeness (QED) is 0.0948. The average Bonchev–Trinajstić information content (AvgIpc) is 3.14. The smallest absolute Gasteiger partial charge is 0.0515 e. The maximum atomic E-state index is 4.75. The van der Waals surface area contributed by atoms with Crippen molar-refractivity contribution in [2.75, 3.05) is 7.11 Å². The Bertz CT molecular complexity index is 732. The number of hydrogen-bond acceptors (Lipinski definition) is 1. The minimum atomic E-state index is 0.384. The highest BCUT2D eigenvalue weighted by Crippen LogP contribution is 2.55. The van der Waals surface area contributed by atoms with Gasteiger partial charge < -0.3 is 4.74 Å². The summed E-state index contributed by atoms with van der Waals surface area (Å²) >= 11 is 0. The zero-order chi connectivity index (χ0) is 40.8. The van der Waals surface area contributed by atoms with Crippen molar-refractivity contribution >= 4 is 0 Å². The molecule has 0 saturated heterocycles. The highest BCUT2D eigenvalue weighted by Gasteiger charge is 2.45. The van der Waals surface area contributed by atoms with Gasteiger partial charge in [-0.2, -0.15) is 0 Å². The second-order valence-electron chi connectivity index (χ2n) is 18.6. The summed E-state index contributed by atoms with van der Waals surface area (Å²) in [5.41, 5.74) is 1.23. The van der Waals surface area contributed by atoms with E-state index >= 15 is 0 Å². The first kappa shape index (κ1) is 56.0. The predicted octanol–water partition coefficient (Wildman–Crippen LogP) is 18.2. The lowest BCUT2D eigenvalue weighted by atomic mass is 9.55. The van der Waals surface area contributed by atoms with Crippen LogP contribution in [0.15, 0.2) is 12.7 Å². The molecule has 0 aromatic rings. The Hall–Kier alpha value is -0.300. The standard InChI is InChI=1S/C24H50.C18H34.C4H10O.C3H6.C2H6/c1-11-13-14-15-22(9)24(10,19(5)6)23(16-18(3)4)21(8)17-20(7)12-2;1-3-11-16(4-2)18(14-9-6-10-15-18)17-12-7-5-8-13-17;1-4(2)5-3;1-3-2;1-2/h18-23H,11-17H2,1-10H3;16-17H,3-15H2,1-2H3;4H,1-3H3;3H,1H2,2H3;1-2H3. The zero-order valence-corrected chi connectivity index (χ0v) is 40.0. The van der Waals surface area contributed by atoms with Gasteiger partial charge in [0.2, 0.25) is 0 Å². The van der Waals surface area contributed by atoms with E-state index in [2.05, 4.69) is 89.7 Å². The molecule has 0 N–H and O–H groups in total. The third-order valence-corrected chi connectivity index (χ3v) is 13.8. The van der Waals surface area contributed by atoms with Crippen molar-refractivity contribution in [1.29, 1.82) is 0 Å². The summed E-state index contributed by atoms with van der Waals surface area (Å²) in [6.45, 7) is 42.8. The Balaban J connectivity index is -0.000000748. The Labute approximate surface area is 333 Å². The zero-order valence-electron chi connectivity index (χ0n) is 40.0. The molecule has 316 valence electrons. The van der Waals surface area contributed by atoms with E-state index in [-0.39, 0.29) is 0 Å². The summed E-state index contributed by atoms with van der Waals surface area (Å²) in [7, 11) is 1.70. The lowest BCUT2D eigenvalue weighted by molar-refractivity contribution is -0.00933. The number of unbranched alkanes of at least 4 members (excludes halogenated alkanes) is 2. The molecule has 1 nitrogen and oxygen atoms in total. The van der Waals surface area contributed by atoms with Crippen LogP contribution in [-0.2, 0) is 4.74 Å². The van der Waals surface area contributed by atoms with Crippen molar-refractivity contribution in [3.63, 3.8) is 0 Å². The van der Waals surface area contributed by atoms with E-state index in [9.17, 15) is 0 Å². The largest absolute Gasteiger partial charge is 0.382 e. The van der Waals surface area contributed by atoms with E-state index in [1.54, 1.807) is 38.9 Å². The molecule has 0 heterocycles. The van der Waals surface area contributed by atoms with Gasteiger partial charge >= 0.3 is 0 Å². The normalized spacial score (nSPS) is 19.9. The number of ether oxygens (including phenoxy) is 1. The number of rotatable bonds is 19. The van der Waals surface area contributed by atoms with E-state index in [0.717, 1.165) is 52.8 Å². The molecule has 0 amide bonds. The van der Waals surface area contributed by atoms with Gasteiger partial charge in [0, 0.05) is 7.11 Å². The highest BCUT2D eigenvalue weighted by atomic mass is 16.5. The van der Waals surface area contributed by atoms with Crippen molar-refractivity contribution in [1.82, 2.24) is 0 Å². The molecule has 0 aromatic heterocycles. The van der Waals surface area contributed by atoms with Gasteiger partial charge in [0.25, 0.3) is 0 Å². The fourth-order valence-electron chi connectivity index (χ4n) is 10.2. The molecule has 52 heavy (non-hydrogen) atoms. The second kappa shape index (κ2) is 34.0. The van der Waals surface area contributed by atoms with Gasteiger partial charge in [-0.15, -0.1) is 6.58 Å². The van der Waals surface area contributed by atoms with Crippen LogP contribution >= 0.6 is 0 Å². The molecule has 2 saturated carbocycles. The maximum absolute atomic E-state index is 4.75. The number of methoxy groups -OCH3 is 1. The average molecular weight is 735 g/mol. The molecule has 0 radical (unpaired) electrons. The molecule has 6 atom stereocenters. The van der Waals surface area contributed by atoms with Crippen LogP contribution in [0.3, 0.4) is 0 Å². The minimum Gasteiger partial charge on any atom is -0.382 e. The fourth-order valence-corrected chi connectivity index (χ4v) is 10.2. The van der Waals surface area contributed by atoms with Gasteiger partial charge in [-0.1, -0.05) is 193 Å². The van der Waals surface area contributed by atoms with Gasteiger partial charge in [-0.25, -0.2) is 0 Å². The Morgan fingerprint density at radius 1 is 0.731 bits per heavy atom. The van der Waals surface area contributed by atoms with Crippen LogP contribution in [0.5, 0.6) is 0 Å². The lowest BCUT2D eigenvalue weighted by Gasteiger charge is -2.50. The minimum absolute atomic E-state index is 0.384. The molecule has 2 rings (SSSR count). The summed E-state index contributed by atoms with van der Waals surface area (Å²) in [5, 5.41) is 0. The molecule has 6 unspecified atom stereocenters. The monoisotopic (exact) mass is 735 g/mol. The van der Waals surface area contributed by atoms with Crippen molar-refractivity contribution in [3.05, 3.63) is 12.7 Å². The first-order valence-corrected chi connectivity index (χ1v) is 23.7. The van der Waals surface area contributed by atoms with Crippen LogP contribution in [0.1, 0.15) is 246 Å². The van der Waals surface area contributed by atoms with Crippen LogP contribution < -0.4 is 0 Å². The van der Waals surface area contributed by atoms with Crippen molar-refractivity contribution in [2.24, 2.45) is 58.2 Å². The van der Waals surface area contributed by atoms with E-state index in [4.69, 9.17) is 4.74 Å². The van der Waals surface area contributed by atoms with Crippen molar-refractivity contribution < 1.29 is 4.74 Å².